The van der Waals surface area contributed by atoms with Crippen molar-refractivity contribution in [3.8, 4) is 0 Å². The maximum Gasteiger partial charge on any atom is 0.245 e. The number of hydrogen-bond acceptors (Lipinski definition) is 3. The molecule has 2 aliphatic heterocycles. The van der Waals surface area contributed by atoms with Gasteiger partial charge in [0.15, 0.2) is 0 Å². The quantitative estimate of drug-likeness (QED) is 0.703. The topological polar surface area (TPSA) is 75.4 Å². The Morgan fingerprint density at radius 1 is 1.53 bits per heavy atom. The Morgan fingerprint density at radius 2 is 2.29 bits per heavy atom. The average molecular weight is 239 g/mol. The van der Waals surface area contributed by atoms with E-state index >= 15 is 0 Å². The third-order valence-electron chi connectivity index (χ3n) is 3.92. The van der Waals surface area contributed by atoms with E-state index in [0.717, 1.165) is 25.9 Å². The molecule has 0 aliphatic carbocycles. The van der Waals surface area contributed by atoms with E-state index in [0.29, 0.717) is 18.8 Å². The minimum absolute atomic E-state index is 0.0101. The summed E-state index contributed by atoms with van der Waals surface area (Å²) in [6, 6.07) is -0.0865. The molecule has 0 radical (unpaired) electrons. The number of nitrogens with two attached hydrogens (primary N) is 1. The summed E-state index contributed by atoms with van der Waals surface area (Å²) in [6.45, 7) is 3.57. The van der Waals surface area contributed by atoms with Crippen molar-refractivity contribution in [2.24, 2.45) is 11.7 Å². The van der Waals surface area contributed by atoms with Crippen molar-refractivity contribution in [2.75, 3.05) is 13.1 Å². The van der Waals surface area contributed by atoms with Crippen molar-refractivity contribution >= 4 is 11.8 Å². The van der Waals surface area contributed by atoms with Crippen molar-refractivity contribution in [1.82, 2.24) is 10.2 Å². The molecule has 3 N–H and O–H groups in total. The highest BCUT2D eigenvalue weighted by Gasteiger charge is 2.34. The van der Waals surface area contributed by atoms with Crippen molar-refractivity contribution < 1.29 is 9.59 Å². The van der Waals surface area contributed by atoms with Crippen molar-refractivity contribution in [3.63, 3.8) is 0 Å². The molecule has 2 aliphatic rings. The fourth-order valence-electron chi connectivity index (χ4n) is 2.70. The van der Waals surface area contributed by atoms with E-state index in [1.807, 2.05) is 4.90 Å². The van der Waals surface area contributed by atoms with E-state index in [-0.39, 0.29) is 23.9 Å². The van der Waals surface area contributed by atoms with Gasteiger partial charge in [0, 0.05) is 25.6 Å². The van der Waals surface area contributed by atoms with E-state index in [9.17, 15) is 9.59 Å². The molecule has 2 amide bonds. The number of nitrogens with one attached hydrogen (secondary N) is 1. The first-order valence-electron chi connectivity index (χ1n) is 6.45. The molecule has 2 fully saturated rings. The number of likely N-dealkylation sites (tertiary alicyclic amines) is 1. The second-order valence-corrected chi connectivity index (χ2v) is 5.06. The molecule has 2 heterocycles. The monoisotopic (exact) mass is 239 g/mol. The van der Waals surface area contributed by atoms with Gasteiger partial charge >= 0.3 is 0 Å². The normalized spacial score (nSPS) is 33.6. The Morgan fingerprint density at radius 3 is 2.88 bits per heavy atom. The summed E-state index contributed by atoms with van der Waals surface area (Å²) in [4.78, 5) is 25.2. The third kappa shape index (κ3) is 2.60. The lowest BCUT2D eigenvalue weighted by Gasteiger charge is -2.37. The fraction of sp³-hybridized carbons (Fsp3) is 0.833. The van der Waals surface area contributed by atoms with Gasteiger partial charge in [-0.25, -0.2) is 0 Å². The first-order chi connectivity index (χ1) is 8.11. The molecular formula is C12H21N3O2. The SMILES string of the molecule is CCC1CN(C(=O)[C@@H]2CCC(=O)N2)CCC1N. The van der Waals surface area contributed by atoms with E-state index in [4.69, 9.17) is 5.73 Å². The summed E-state index contributed by atoms with van der Waals surface area (Å²) in [6.07, 6.45) is 2.98. The molecule has 0 spiro atoms. The Hall–Kier alpha value is -1.10. The number of nitrogens with zero attached hydrogens (tertiary/aromatic N) is 1. The molecule has 0 saturated carbocycles. The smallest absolute Gasteiger partial charge is 0.245 e. The molecule has 0 bridgehead atoms. The summed E-state index contributed by atoms with van der Waals surface area (Å²) in [5, 5.41) is 2.73. The van der Waals surface area contributed by atoms with Crippen LogP contribution in [0.3, 0.4) is 0 Å². The Labute approximate surface area is 102 Å². The summed E-state index contributed by atoms with van der Waals surface area (Å²) < 4.78 is 0. The zero-order valence-electron chi connectivity index (χ0n) is 10.3. The zero-order chi connectivity index (χ0) is 12.4. The number of amides is 2. The summed E-state index contributed by atoms with van der Waals surface area (Å²) in [5.74, 6) is 0.454. The van der Waals surface area contributed by atoms with E-state index < -0.39 is 0 Å². The minimum atomic E-state index is -0.297. The standard InChI is InChI=1S/C12H21N3O2/c1-2-8-7-15(6-5-9(8)13)12(17)10-3-4-11(16)14-10/h8-10H,2-7,13H2,1H3,(H,14,16)/t8?,9?,10-/m0/s1. The van der Waals surface area contributed by atoms with Crippen LogP contribution in [-0.4, -0.2) is 41.9 Å². The van der Waals surface area contributed by atoms with Crippen molar-refractivity contribution in [2.45, 2.75) is 44.7 Å². The lowest BCUT2D eigenvalue weighted by Crippen LogP contribution is -2.53. The second kappa shape index (κ2) is 5.04. The molecule has 3 atom stereocenters. The summed E-state index contributed by atoms with van der Waals surface area (Å²) >= 11 is 0. The van der Waals surface area contributed by atoms with Gasteiger partial charge in [0.25, 0.3) is 0 Å². The van der Waals surface area contributed by atoms with Gasteiger partial charge in [-0.05, 0) is 18.8 Å². The first-order valence-corrected chi connectivity index (χ1v) is 6.45. The van der Waals surface area contributed by atoms with Crippen LogP contribution in [0.25, 0.3) is 0 Å². The zero-order valence-corrected chi connectivity index (χ0v) is 10.3. The van der Waals surface area contributed by atoms with Crippen molar-refractivity contribution in [1.29, 1.82) is 0 Å². The lowest BCUT2D eigenvalue weighted by atomic mass is 9.90. The molecule has 5 nitrogen and oxygen atoms in total. The van der Waals surface area contributed by atoms with Crippen LogP contribution in [0, 0.1) is 5.92 Å². The average Bonchev–Trinajstić information content (AvgIpc) is 2.75. The second-order valence-electron chi connectivity index (χ2n) is 5.06. The largest absolute Gasteiger partial charge is 0.344 e. The van der Waals surface area contributed by atoms with Gasteiger partial charge in [0.1, 0.15) is 6.04 Å². The highest BCUT2D eigenvalue weighted by molar-refractivity contribution is 5.90. The molecule has 2 saturated heterocycles. The number of hydrogen-bond donors (Lipinski definition) is 2. The number of piperidine rings is 1. The Kier molecular flexibility index (Phi) is 3.66. The highest BCUT2D eigenvalue weighted by Crippen LogP contribution is 2.20. The lowest BCUT2D eigenvalue weighted by molar-refractivity contribution is -0.136. The molecule has 0 aromatic carbocycles. The van der Waals surface area contributed by atoms with Crippen LogP contribution in [0.5, 0.6) is 0 Å². The maximum absolute atomic E-state index is 12.2. The van der Waals surface area contributed by atoms with E-state index in [1.165, 1.54) is 0 Å². The minimum Gasteiger partial charge on any atom is -0.344 e. The van der Waals surface area contributed by atoms with Crippen LogP contribution in [0.2, 0.25) is 0 Å². The van der Waals surface area contributed by atoms with E-state index in [2.05, 4.69) is 12.2 Å². The summed E-state index contributed by atoms with van der Waals surface area (Å²) in [7, 11) is 0. The van der Waals surface area contributed by atoms with Crippen LogP contribution < -0.4 is 11.1 Å². The van der Waals surface area contributed by atoms with Crippen LogP contribution >= 0.6 is 0 Å². The van der Waals surface area contributed by atoms with Gasteiger partial charge in [-0.15, -0.1) is 0 Å². The van der Waals surface area contributed by atoms with Gasteiger partial charge < -0.3 is 16.0 Å². The molecule has 17 heavy (non-hydrogen) atoms. The highest BCUT2D eigenvalue weighted by atomic mass is 16.2. The van der Waals surface area contributed by atoms with Crippen LogP contribution in [-0.2, 0) is 9.59 Å². The third-order valence-corrected chi connectivity index (χ3v) is 3.92. The molecular weight excluding hydrogens is 218 g/mol. The molecule has 0 aromatic rings. The Balaban J connectivity index is 1.94. The van der Waals surface area contributed by atoms with E-state index in [1.54, 1.807) is 0 Å². The van der Waals surface area contributed by atoms with Crippen LogP contribution in [0.1, 0.15) is 32.6 Å². The van der Waals surface area contributed by atoms with Gasteiger partial charge in [0.05, 0.1) is 0 Å². The molecule has 2 rings (SSSR count). The predicted molar refractivity (Wildman–Crippen MR) is 64.1 cm³/mol. The first kappa shape index (κ1) is 12.4. The molecule has 5 heteroatoms. The predicted octanol–water partition coefficient (Wildman–Crippen LogP) is -0.149. The number of carbonyl (C=O) groups is 2. The van der Waals surface area contributed by atoms with Gasteiger partial charge in [-0.1, -0.05) is 13.3 Å². The number of rotatable bonds is 2. The molecule has 0 aromatic heterocycles. The van der Waals surface area contributed by atoms with Gasteiger partial charge in [-0.3, -0.25) is 9.59 Å². The van der Waals surface area contributed by atoms with Crippen molar-refractivity contribution in [3.05, 3.63) is 0 Å². The van der Waals surface area contributed by atoms with Crippen LogP contribution in [0.4, 0.5) is 0 Å². The Bertz CT molecular complexity index is 319. The summed E-state index contributed by atoms with van der Waals surface area (Å²) in [5.41, 5.74) is 6.02. The fourth-order valence-corrected chi connectivity index (χ4v) is 2.70. The number of carbonyl (C=O) groups excluding carboxylic acids is 2. The van der Waals surface area contributed by atoms with Gasteiger partial charge in [0.2, 0.25) is 11.8 Å². The van der Waals surface area contributed by atoms with Gasteiger partial charge in [-0.2, -0.15) is 0 Å². The van der Waals surface area contributed by atoms with Crippen LogP contribution in [0.15, 0.2) is 0 Å². The maximum atomic E-state index is 12.2. The molecule has 96 valence electrons. The molecule has 2 unspecified atom stereocenters.